The number of esters is 1. The lowest BCUT2D eigenvalue weighted by atomic mass is 10.1. The number of nitrogens with zero attached hydrogens (tertiary/aromatic N) is 2. The Bertz CT molecular complexity index is 1070. The van der Waals surface area contributed by atoms with Gasteiger partial charge in [0.2, 0.25) is 0 Å². The van der Waals surface area contributed by atoms with Crippen molar-refractivity contribution in [3.8, 4) is 11.5 Å². The van der Waals surface area contributed by atoms with Crippen LogP contribution in [0, 0.1) is 0 Å². The topological polar surface area (TPSA) is 195 Å². The summed E-state index contributed by atoms with van der Waals surface area (Å²) in [4.78, 5) is 28.9. The average molecular weight is 485 g/mol. The van der Waals surface area contributed by atoms with Gasteiger partial charge in [0, 0.05) is 21.0 Å². The van der Waals surface area contributed by atoms with Crippen LogP contribution in [-0.4, -0.2) is 54.4 Å². The van der Waals surface area contributed by atoms with Gasteiger partial charge in [-0.2, -0.15) is 8.42 Å². The third-order valence-corrected chi connectivity index (χ3v) is 3.44. The maximum atomic E-state index is 12.3. The molecule has 0 unspecified atom stereocenters. The van der Waals surface area contributed by atoms with Gasteiger partial charge in [-0.25, -0.2) is 4.99 Å². The zero-order valence-electron chi connectivity index (χ0n) is 17.5. The van der Waals surface area contributed by atoms with E-state index in [2.05, 4.69) is 4.99 Å². The lowest BCUT2D eigenvalue weighted by Crippen LogP contribution is -2.23. The first-order valence-corrected chi connectivity index (χ1v) is 10.2. The Morgan fingerprint density at radius 2 is 1.61 bits per heavy atom. The maximum Gasteiger partial charge on any atom is 0.394 e. The Hall–Kier alpha value is -3.68. The summed E-state index contributed by atoms with van der Waals surface area (Å²) in [5.41, 5.74) is 12.5. The standard InChI is InChI=1S/C19H22N4O4.CH4.H2O4S/c1-12(24)27-17-9-8-15(10-16(17)18(25)23(2)3)26-11-13-4-6-14(7-5-13)22-19(20)21;;1-5(2,3)4/h4-10H,11H2,1-3H3,(H4,20,21,22);1H4;(H2,1,2,3,4). The molecule has 2 aromatic rings. The summed E-state index contributed by atoms with van der Waals surface area (Å²) < 4.78 is 42.4. The number of nitrogens with two attached hydrogens (primary N) is 2. The molecule has 0 spiro atoms. The highest BCUT2D eigenvalue weighted by molar-refractivity contribution is 7.79. The molecule has 0 saturated carbocycles. The number of carbonyl (C=O) groups excluding carboxylic acids is 2. The summed E-state index contributed by atoms with van der Waals surface area (Å²) in [7, 11) is -1.43. The first-order valence-electron chi connectivity index (χ1n) is 8.81. The summed E-state index contributed by atoms with van der Waals surface area (Å²) in [6, 6.07) is 11.9. The number of carbonyl (C=O) groups is 2. The van der Waals surface area contributed by atoms with Crippen LogP contribution in [0.3, 0.4) is 0 Å². The molecule has 0 heterocycles. The van der Waals surface area contributed by atoms with Crippen molar-refractivity contribution in [1.29, 1.82) is 0 Å². The third-order valence-electron chi connectivity index (χ3n) is 3.44. The number of hydrogen-bond donors (Lipinski definition) is 4. The van der Waals surface area contributed by atoms with E-state index in [4.69, 9.17) is 38.5 Å². The summed E-state index contributed by atoms with van der Waals surface area (Å²) in [5, 5.41) is 0. The predicted octanol–water partition coefficient (Wildman–Crippen LogP) is 1.78. The van der Waals surface area contributed by atoms with Crippen molar-refractivity contribution in [2.24, 2.45) is 16.5 Å². The van der Waals surface area contributed by atoms with E-state index in [1.165, 1.54) is 17.9 Å². The highest BCUT2D eigenvalue weighted by Crippen LogP contribution is 2.26. The highest BCUT2D eigenvalue weighted by Gasteiger charge is 2.17. The van der Waals surface area contributed by atoms with Gasteiger partial charge in [-0.15, -0.1) is 0 Å². The Morgan fingerprint density at radius 1 is 1.06 bits per heavy atom. The Kier molecular flexibility index (Phi) is 11.6. The molecule has 0 saturated heterocycles. The minimum absolute atomic E-state index is 0. The van der Waals surface area contributed by atoms with Crippen LogP contribution >= 0.6 is 0 Å². The Morgan fingerprint density at radius 3 is 2.06 bits per heavy atom. The number of ether oxygens (including phenoxy) is 2. The van der Waals surface area contributed by atoms with Crippen LogP contribution in [0.25, 0.3) is 0 Å². The molecule has 2 rings (SSSR count). The molecular formula is C20H28N4O8S. The number of amides is 1. The van der Waals surface area contributed by atoms with Crippen LogP contribution in [-0.2, 0) is 21.8 Å². The molecule has 0 radical (unpaired) electrons. The molecule has 0 aliphatic heterocycles. The molecule has 0 bridgehead atoms. The second-order valence-corrected chi connectivity index (χ2v) is 7.29. The number of aliphatic imine (C=N–C) groups is 1. The lowest BCUT2D eigenvalue weighted by Gasteiger charge is -2.15. The fourth-order valence-electron chi connectivity index (χ4n) is 2.23. The normalized spacial score (nSPS) is 9.97. The first-order chi connectivity index (χ1) is 14.8. The summed E-state index contributed by atoms with van der Waals surface area (Å²) >= 11 is 0. The molecule has 182 valence electrons. The molecule has 13 heteroatoms. The molecule has 0 atom stereocenters. The van der Waals surface area contributed by atoms with Gasteiger partial charge in [0.15, 0.2) is 5.96 Å². The number of benzene rings is 2. The van der Waals surface area contributed by atoms with E-state index in [1.807, 2.05) is 12.1 Å². The minimum Gasteiger partial charge on any atom is -0.489 e. The number of rotatable bonds is 6. The van der Waals surface area contributed by atoms with Crippen molar-refractivity contribution in [2.75, 3.05) is 14.1 Å². The van der Waals surface area contributed by atoms with Crippen molar-refractivity contribution in [3.63, 3.8) is 0 Å². The van der Waals surface area contributed by atoms with Crippen LogP contribution in [0.2, 0.25) is 0 Å². The van der Waals surface area contributed by atoms with Crippen molar-refractivity contribution < 1.29 is 36.6 Å². The summed E-state index contributed by atoms with van der Waals surface area (Å²) in [5.74, 6) is -0.139. The van der Waals surface area contributed by atoms with Crippen LogP contribution < -0.4 is 20.9 Å². The maximum absolute atomic E-state index is 12.3. The quantitative estimate of drug-likeness (QED) is 0.154. The Balaban J connectivity index is 0.00000154. The second-order valence-electron chi connectivity index (χ2n) is 6.39. The van der Waals surface area contributed by atoms with E-state index in [-0.39, 0.29) is 37.2 Å². The van der Waals surface area contributed by atoms with Gasteiger partial charge in [0.25, 0.3) is 5.91 Å². The third kappa shape index (κ3) is 12.1. The summed E-state index contributed by atoms with van der Waals surface area (Å²) in [6.45, 7) is 1.56. The first kappa shape index (κ1) is 29.3. The zero-order chi connectivity index (χ0) is 24.5. The lowest BCUT2D eigenvalue weighted by molar-refractivity contribution is -0.131. The van der Waals surface area contributed by atoms with Gasteiger partial charge in [-0.1, -0.05) is 19.6 Å². The number of guanidine groups is 1. The van der Waals surface area contributed by atoms with Gasteiger partial charge >= 0.3 is 16.4 Å². The molecular weight excluding hydrogens is 456 g/mol. The zero-order valence-corrected chi connectivity index (χ0v) is 18.4. The van der Waals surface area contributed by atoms with Gasteiger partial charge in [0.1, 0.15) is 18.1 Å². The molecule has 33 heavy (non-hydrogen) atoms. The monoisotopic (exact) mass is 484 g/mol. The molecule has 2 aromatic carbocycles. The molecule has 6 N–H and O–H groups in total. The van der Waals surface area contributed by atoms with Crippen molar-refractivity contribution in [1.82, 2.24) is 4.90 Å². The van der Waals surface area contributed by atoms with E-state index in [0.29, 0.717) is 11.4 Å². The highest BCUT2D eigenvalue weighted by atomic mass is 32.3. The van der Waals surface area contributed by atoms with E-state index in [0.717, 1.165) is 5.56 Å². The van der Waals surface area contributed by atoms with Gasteiger partial charge in [0.05, 0.1) is 11.3 Å². The van der Waals surface area contributed by atoms with E-state index < -0.39 is 16.4 Å². The predicted molar refractivity (Wildman–Crippen MR) is 123 cm³/mol. The number of hydrogen-bond acceptors (Lipinski definition) is 7. The van der Waals surface area contributed by atoms with Crippen LogP contribution in [0.1, 0.15) is 30.3 Å². The van der Waals surface area contributed by atoms with E-state index >= 15 is 0 Å². The largest absolute Gasteiger partial charge is 0.489 e. The van der Waals surface area contributed by atoms with Gasteiger partial charge in [-0.05, 0) is 35.9 Å². The van der Waals surface area contributed by atoms with Crippen LogP contribution in [0.4, 0.5) is 5.69 Å². The fraction of sp³-hybridized carbons (Fsp3) is 0.250. The molecule has 1 amide bonds. The van der Waals surface area contributed by atoms with Crippen molar-refractivity contribution >= 4 is 33.9 Å². The molecule has 0 aliphatic carbocycles. The minimum atomic E-state index is -4.67. The SMILES string of the molecule is C.CC(=O)Oc1ccc(OCc2ccc(N=C(N)N)cc2)cc1C(=O)N(C)C.O=S(=O)(O)O. The second kappa shape index (κ2) is 13.0. The summed E-state index contributed by atoms with van der Waals surface area (Å²) in [6.07, 6.45) is 0. The van der Waals surface area contributed by atoms with Gasteiger partial charge < -0.3 is 25.8 Å². The average Bonchev–Trinajstić information content (AvgIpc) is 2.65. The molecule has 0 aromatic heterocycles. The van der Waals surface area contributed by atoms with Gasteiger partial charge in [-0.3, -0.25) is 18.7 Å². The van der Waals surface area contributed by atoms with Crippen molar-refractivity contribution in [3.05, 3.63) is 53.6 Å². The smallest absolute Gasteiger partial charge is 0.394 e. The van der Waals surface area contributed by atoms with Crippen LogP contribution in [0.15, 0.2) is 47.5 Å². The fourth-order valence-corrected chi connectivity index (χ4v) is 2.23. The van der Waals surface area contributed by atoms with E-state index in [1.54, 1.807) is 38.4 Å². The van der Waals surface area contributed by atoms with E-state index in [9.17, 15) is 9.59 Å². The Labute approximate surface area is 192 Å². The van der Waals surface area contributed by atoms with Crippen LogP contribution in [0.5, 0.6) is 11.5 Å². The van der Waals surface area contributed by atoms with Crippen molar-refractivity contribution in [2.45, 2.75) is 21.0 Å². The molecule has 0 fully saturated rings. The molecule has 0 aliphatic rings. The molecule has 12 nitrogen and oxygen atoms in total.